The Morgan fingerprint density at radius 3 is 2.74 bits per heavy atom. The molecule has 0 saturated heterocycles. The number of carbonyl (C=O) groups is 1. The highest BCUT2D eigenvalue weighted by molar-refractivity contribution is 5.84. The molecule has 1 N–H and O–H groups in total. The lowest BCUT2D eigenvalue weighted by molar-refractivity contribution is -0.170. The topological polar surface area (TPSA) is 38.3 Å². The fourth-order valence-electron chi connectivity index (χ4n) is 1.85. The number of halogens is 4. The van der Waals surface area contributed by atoms with E-state index in [2.05, 4.69) is 0 Å². The molecule has 1 aliphatic rings. The molecule has 0 fully saturated rings. The first kappa shape index (κ1) is 13.6. The summed E-state index contributed by atoms with van der Waals surface area (Å²) >= 11 is 0. The van der Waals surface area contributed by atoms with E-state index in [1.807, 2.05) is 5.32 Å². The van der Waals surface area contributed by atoms with E-state index in [1.54, 1.807) is 24.3 Å². The summed E-state index contributed by atoms with van der Waals surface area (Å²) in [4.78, 5) is 11.2. The molecule has 0 bridgehead atoms. The van der Waals surface area contributed by atoms with Crippen LogP contribution in [0, 0.1) is 0 Å². The van der Waals surface area contributed by atoms with Gasteiger partial charge < -0.3 is 10.1 Å². The zero-order valence-corrected chi connectivity index (χ0v) is 9.71. The first-order valence-corrected chi connectivity index (χ1v) is 5.61. The van der Waals surface area contributed by atoms with Gasteiger partial charge in [-0.2, -0.15) is 8.78 Å². The van der Waals surface area contributed by atoms with Gasteiger partial charge in [0.1, 0.15) is 5.75 Å². The molecule has 1 atom stereocenters. The number of rotatable bonds is 3. The molecule has 0 spiro atoms. The van der Waals surface area contributed by atoms with Crippen molar-refractivity contribution >= 4 is 5.91 Å². The van der Waals surface area contributed by atoms with E-state index < -0.39 is 24.3 Å². The van der Waals surface area contributed by atoms with Crippen LogP contribution in [0.2, 0.25) is 0 Å². The number of benzene rings is 1. The molecule has 19 heavy (non-hydrogen) atoms. The van der Waals surface area contributed by atoms with Gasteiger partial charge in [0.15, 0.2) is 0 Å². The molecule has 2 rings (SSSR count). The van der Waals surface area contributed by atoms with E-state index in [0.717, 1.165) is 0 Å². The minimum atomic E-state index is -4.69. The van der Waals surface area contributed by atoms with Crippen molar-refractivity contribution in [3.05, 3.63) is 29.8 Å². The molecule has 1 aliphatic heterocycles. The third-order valence-corrected chi connectivity index (χ3v) is 2.84. The van der Waals surface area contributed by atoms with E-state index in [4.69, 9.17) is 4.74 Å². The van der Waals surface area contributed by atoms with Crippen molar-refractivity contribution < 1.29 is 27.1 Å². The zero-order valence-electron chi connectivity index (χ0n) is 9.71. The lowest BCUT2D eigenvalue weighted by atomic mass is 10.0. The molecule has 0 radical (unpaired) electrons. The van der Waals surface area contributed by atoms with Crippen LogP contribution in [0.4, 0.5) is 17.6 Å². The van der Waals surface area contributed by atoms with Gasteiger partial charge >= 0.3 is 12.3 Å². The van der Waals surface area contributed by atoms with Gasteiger partial charge in [-0.15, -0.1) is 0 Å². The number of amides is 1. The maximum absolute atomic E-state index is 12.9. The Morgan fingerprint density at radius 2 is 2.05 bits per heavy atom. The van der Waals surface area contributed by atoms with Crippen LogP contribution < -0.4 is 10.1 Å². The van der Waals surface area contributed by atoms with Gasteiger partial charge in [0.25, 0.3) is 5.91 Å². The lowest BCUT2D eigenvalue weighted by Crippen LogP contribution is -2.47. The van der Waals surface area contributed by atoms with Crippen molar-refractivity contribution in [2.24, 2.45) is 0 Å². The lowest BCUT2D eigenvalue weighted by Gasteiger charge is -2.27. The molecule has 0 aromatic heterocycles. The monoisotopic (exact) mass is 277 g/mol. The van der Waals surface area contributed by atoms with Crippen molar-refractivity contribution in [2.75, 3.05) is 6.61 Å². The van der Waals surface area contributed by atoms with Crippen LogP contribution >= 0.6 is 0 Å². The van der Waals surface area contributed by atoms with Crippen molar-refractivity contribution in [2.45, 2.75) is 24.8 Å². The molecule has 1 unspecified atom stereocenters. The van der Waals surface area contributed by atoms with Gasteiger partial charge in [0.2, 0.25) is 0 Å². The summed E-state index contributed by atoms with van der Waals surface area (Å²) in [5.41, 5.74) is 0.507. The van der Waals surface area contributed by atoms with Crippen LogP contribution in [0.5, 0.6) is 5.75 Å². The molecule has 7 heteroatoms. The van der Waals surface area contributed by atoms with Gasteiger partial charge in [0, 0.05) is 12.0 Å². The number of hydrogen-bond acceptors (Lipinski definition) is 2. The maximum Gasteiger partial charge on any atom is 0.383 e. The van der Waals surface area contributed by atoms with E-state index in [9.17, 15) is 22.4 Å². The third-order valence-electron chi connectivity index (χ3n) is 2.84. The zero-order chi connectivity index (χ0) is 14.0. The molecule has 0 saturated carbocycles. The quantitative estimate of drug-likeness (QED) is 0.862. The standard InChI is InChI=1S/C12H11F4NO2/c13-10(14)12(15,16)11(18)17-8-5-6-19-9-4-2-1-3-7(8)9/h1-4,8,10H,5-6H2,(H,17,18). The average Bonchev–Trinajstić information content (AvgIpc) is 2.39. The van der Waals surface area contributed by atoms with Gasteiger partial charge in [-0.1, -0.05) is 18.2 Å². The second-order valence-electron chi connectivity index (χ2n) is 4.12. The number of fused-ring (bicyclic) bond motifs is 1. The molecule has 1 aromatic rings. The van der Waals surface area contributed by atoms with Crippen LogP contribution in [-0.4, -0.2) is 24.9 Å². The van der Waals surface area contributed by atoms with Gasteiger partial charge in [-0.05, 0) is 6.07 Å². The molecule has 1 aromatic carbocycles. The first-order chi connectivity index (χ1) is 8.93. The summed E-state index contributed by atoms with van der Waals surface area (Å²) < 4.78 is 55.2. The largest absolute Gasteiger partial charge is 0.493 e. The average molecular weight is 277 g/mol. The van der Waals surface area contributed by atoms with Crippen molar-refractivity contribution in [3.63, 3.8) is 0 Å². The molecular weight excluding hydrogens is 266 g/mol. The number of nitrogens with one attached hydrogen (secondary N) is 1. The predicted octanol–water partition coefficient (Wildman–Crippen LogP) is 2.53. The summed E-state index contributed by atoms with van der Waals surface area (Å²) in [5.74, 6) is -6.20. The normalized spacial score (nSPS) is 18.7. The SMILES string of the molecule is O=C(NC1CCOc2ccccc21)C(F)(F)C(F)F. The second kappa shape index (κ2) is 5.07. The summed E-state index contributed by atoms with van der Waals surface area (Å²) in [6, 6.07) is 5.81. The Bertz CT molecular complexity index is 479. The second-order valence-corrected chi connectivity index (χ2v) is 4.12. The summed E-state index contributed by atoms with van der Waals surface area (Å²) in [6.07, 6.45) is -3.77. The fourth-order valence-corrected chi connectivity index (χ4v) is 1.85. The Balaban J connectivity index is 2.15. The highest BCUT2D eigenvalue weighted by atomic mass is 19.3. The maximum atomic E-state index is 12.9. The minimum absolute atomic E-state index is 0.224. The molecule has 104 valence electrons. The van der Waals surface area contributed by atoms with Gasteiger partial charge in [-0.3, -0.25) is 4.79 Å². The van der Waals surface area contributed by atoms with Gasteiger partial charge in [0.05, 0.1) is 12.6 Å². The van der Waals surface area contributed by atoms with Crippen LogP contribution in [0.25, 0.3) is 0 Å². The van der Waals surface area contributed by atoms with Crippen molar-refractivity contribution in [1.29, 1.82) is 0 Å². The molecule has 1 amide bonds. The number of hydrogen-bond donors (Lipinski definition) is 1. The van der Waals surface area contributed by atoms with Gasteiger partial charge in [-0.25, -0.2) is 8.78 Å². The summed E-state index contributed by atoms with van der Waals surface area (Å²) in [7, 11) is 0. The van der Waals surface area contributed by atoms with E-state index in [1.165, 1.54) is 0 Å². The number of para-hydroxylation sites is 1. The molecule has 3 nitrogen and oxygen atoms in total. The predicted molar refractivity (Wildman–Crippen MR) is 58.4 cm³/mol. The molecule has 0 aliphatic carbocycles. The summed E-state index contributed by atoms with van der Waals surface area (Å²) in [6.45, 7) is 0.224. The highest BCUT2D eigenvalue weighted by Crippen LogP contribution is 2.33. The highest BCUT2D eigenvalue weighted by Gasteiger charge is 2.49. The Kier molecular flexibility index (Phi) is 3.64. The van der Waals surface area contributed by atoms with E-state index in [0.29, 0.717) is 11.3 Å². The fraction of sp³-hybridized carbons (Fsp3) is 0.417. The number of alkyl halides is 4. The van der Waals surface area contributed by atoms with Crippen LogP contribution in [-0.2, 0) is 4.79 Å². The van der Waals surface area contributed by atoms with Crippen LogP contribution in [0.1, 0.15) is 18.0 Å². The molecular formula is C12H11F4NO2. The van der Waals surface area contributed by atoms with E-state index in [-0.39, 0.29) is 13.0 Å². The Morgan fingerprint density at radius 1 is 1.37 bits per heavy atom. The van der Waals surface area contributed by atoms with Crippen LogP contribution in [0.3, 0.4) is 0 Å². The van der Waals surface area contributed by atoms with E-state index >= 15 is 0 Å². The smallest absolute Gasteiger partial charge is 0.383 e. The molecule has 1 heterocycles. The first-order valence-electron chi connectivity index (χ1n) is 5.61. The van der Waals surface area contributed by atoms with Crippen molar-refractivity contribution in [1.82, 2.24) is 5.32 Å². The number of carbonyl (C=O) groups excluding carboxylic acids is 1. The Labute approximate surface area is 106 Å². The minimum Gasteiger partial charge on any atom is -0.493 e. The van der Waals surface area contributed by atoms with Crippen LogP contribution in [0.15, 0.2) is 24.3 Å². The Hall–Kier alpha value is -1.79. The van der Waals surface area contributed by atoms with Crippen molar-refractivity contribution in [3.8, 4) is 5.75 Å². The third kappa shape index (κ3) is 2.64. The number of ether oxygens (including phenoxy) is 1. The summed E-state index contributed by atoms with van der Waals surface area (Å²) in [5, 5.41) is 1.95.